The molecule has 6 heteroatoms. The molecule has 1 aromatic rings. The van der Waals surface area contributed by atoms with Crippen molar-refractivity contribution in [2.75, 3.05) is 53.9 Å². The predicted octanol–water partition coefficient (Wildman–Crippen LogP) is 3.09. The van der Waals surface area contributed by atoms with Crippen molar-refractivity contribution in [2.45, 2.75) is 51.0 Å². The summed E-state index contributed by atoms with van der Waals surface area (Å²) in [7, 11) is 6.12. The van der Waals surface area contributed by atoms with Gasteiger partial charge in [-0.05, 0) is 71.5 Å². The lowest BCUT2D eigenvalue weighted by Crippen LogP contribution is -2.42. The molecule has 0 saturated carbocycles. The van der Waals surface area contributed by atoms with Crippen LogP contribution >= 0.6 is 0 Å². The highest BCUT2D eigenvalue weighted by Gasteiger charge is 2.25. The normalized spacial score (nSPS) is 16.8. The van der Waals surface area contributed by atoms with Crippen LogP contribution in [0.4, 0.5) is 0 Å². The van der Waals surface area contributed by atoms with E-state index in [-0.39, 0.29) is 6.04 Å². The van der Waals surface area contributed by atoms with Crippen molar-refractivity contribution in [3.8, 4) is 0 Å². The van der Waals surface area contributed by atoms with Gasteiger partial charge in [-0.1, -0.05) is 19.3 Å². The zero-order valence-corrected chi connectivity index (χ0v) is 17.5. The van der Waals surface area contributed by atoms with Crippen LogP contribution in [0.15, 0.2) is 27.8 Å². The van der Waals surface area contributed by atoms with Crippen LogP contribution in [-0.4, -0.2) is 69.6 Å². The van der Waals surface area contributed by atoms with Crippen LogP contribution in [-0.2, 0) is 0 Å². The summed E-state index contributed by atoms with van der Waals surface area (Å²) in [6, 6.07) is 4.33. The molecule has 1 aliphatic heterocycles. The van der Waals surface area contributed by atoms with Gasteiger partial charge in [-0.15, -0.1) is 0 Å². The fourth-order valence-electron chi connectivity index (χ4n) is 3.65. The minimum absolute atomic E-state index is 0.276. The maximum Gasteiger partial charge on any atom is 0.191 e. The molecule has 2 N–H and O–H groups in total. The van der Waals surface area contributed by atoms with E-state index in [1.807, 2.05) is 13.1 Å². The van der Waals surface area contributed by atoms with Gasteiger partial charge in [0.25, 0.3) is 0 Å². The summed E-state index contributed by atoms with van der Waals surface area (Å²) in [6.07, 6.45) is 10.7. The van der Waals surface area contributed by atoms with Gasteiger partial charge in [0, 0.05) is 20.1 Å². The number of aliphatic imine (C=N–C) groups is 1. The molecule has 2 heterocycles. The Labute approximate surface area is 165 Å². The average molecular weight is 378 g/mol. The first-order chi connectivity index (χ1) is 13.2. The van der Waals surface area contributed by atoms with Gasteiger partial charge < -0.3 is 20.0 Å². The Morgan fingerprint density at radius 2 is 1.89 bits per heavy atom. The van der Waals surface area contributed by atoms with Crippen molar-refractivity contribution in [1.29, 1.82) is 0 Å². The molecule has 0 spiro atoms. The Balaban J connectivity index is 1.63. The van der Waals surface area contributed by atoms with Gasteiger partial charge in [0.2, 0.25) is 0 Å². The molecule has 0 aliphatic carbocycles. The number of nitrogens with one attached hydrogen (secondary N) is 2. The molecule has 1 unspecified atom stereocenters. The molecule has 1 atom stereocenters. The fraction of sp³-hybridized carbons (Fsp3) is 0.762. The van der Waals surface area contributed by atoms with Crippen molar-refractivity contribution in [3.05, 3.63) is 24.2 Å². The van der Waals surface area contributed by atoms with Crippen molar-refractivity contribution >= 4 is 5.96 Å². The number of likely N-dealkylation sites (tertiary alicyclic amines) is 1. The molecule has 1 aliphatic rings. The Kier molecular flexibility index (Phi) is 10.3. The van der Waals surface area contributed by atoms with Crippen LogP contribution < -0.4 is 10.6 Å². The van der Waals surface area contributed by atoms with Crippen molar-refractivity contribution in [1.82, 2.24) is 20.4 Å². The minimum atomic E-state index is 0.276. The van der Waals surface area contributed by atoms with Gasteiger partial charge in [-0.2, -0.15) is 0 Å². The van der Waals surface area contributed by atoms with E-state index in [1.165, 1.54) is 51.5 Å². The standard InChI is InChI=1S/C21H39N5O/c1-22-21(23-13-7-5-4-6-8-14-25(2)3)24-18-19(20-12-11-17-27-20)26-15-9-10-16-26/h11-12,17,19H,4-10,13-16,18H2,1-3H3,(H2,22,23,24). The van der Waals surface area contributed by atoms with E-state index in [0.29, 0.717) is 0 Å². The van der Waals surface area contributed by atoms with E-state index in [0.717, 1.165) is 37.9 Å². The highest BCUT2D eigenvalue weighted by Crippen LogP contribution is 2.24. The summed E-state index contributed by atoms with van der Waals surface area (Å²) < 4.78 is 5.69. The molecule has 0 amide bonds. The van der Waals surface area contributed by atoms with E-state index in [4.69, 9.17) is 4.42 Å². The van der Waals surface area contributed by atoms with Crippen LogP contribution in [0.5, 0.6) is 0 Å². The molecule has 2 rings (SSSR count). The van der Waals surface area contributed by atoms with Crippen LogP contribution in [0.25, 0.3) is 0 Å². The second kappa shape index (κ2) is 12.8. The first-order valence-electron chi connectivity index (χ1n) is 10.6. The van der Waals surface area contributed by atoms with Crippen LogP contribution in [0, 0.1) is 0 Å². The van der Waals surface area contributed by atoms with E-state index in [2.05, 4.69) is 45.6 Å². The first-order valence-corrected chi connectivity index (χ1v) is 10.6. The Morgan fingerprint density at radius 3 is 2.56 bits per heavy atom. The number of furan rings is 1. The Morgan fingerprint density at radius 1 is 1.15 bits per heavy atom. The molecule has 0 bridgehead atoms. The Bertz CT molecular complexity index is 509. The van der Waals surface area contributed by atoms with Crippen LogP contribution in [0.2, 0.25) is 0 Å². The highest BCUT2D eigenvalue weighted by atomic mass is 16.3. The third kappa shape index (κ3) is 8.35. The molecule has 154 valence electrons. The third-order valence-electron chi connectivity index (χ3n) is 5.21. The highest BCUT2D eigenvalue weighted by molar-refractivity contribution is 5.79. The number of nitrogens with zero attached hydrogens (tertiary/aromatic N) is 3. The number of unbranched alkanes of at least 4 members (excludes halogenated alkanes) is 4. The molecule has 0 radical (unpaired) electrons. The number of hydrogen-bond donors (Lipinski definition) is 2. The Hall–Kier alpha value is -1.53. The molecule has 6 nitrogen and oxygen atoms in total. The van der Waals surface area contributed by atoms with E-state index in [1.54, 1.807) is 6.26 Å². The van der Waals surface area contributed by atoms with Gasteiger partial charge in [0.05, 0.1) is 12.3 Å². The number of hydrogen-bond acceptors (Lipinski definition) is 4. The van der Waals surface area contributed by atoms with Gasteiger partial charge in [0.1, 0.15) is 5.76 Å². The van der Waals surface area contributed by atoms with Gasteiger partial charge in [0.15, 0.2) is 5.96 Å². The van der Waals surface area contributed by atoms with E-state index in [9.17, 15) is 0 Å². The molecule has 0 aromatic carbocycles. The van der Waals surface area contributed by atoms with Crippen LogP contribution in [0.3, 0.4) is 0 Å². The first kappa shape index (κ1) is 21.8. The summed E-state index contributed by atoms with van der Waals surface area (Å²) in [6.45, 7) is 5.28. The zero-order chi connectivity index (χ0) is 19.3. The third-order valence-corrected chi connectivity index (χ3v) is 5.21. The number of rotatable bonds is 12. The number of guanidine groups is 1. The monoisotopic (exact) mass is 377 g/mol. The summed E-state index contributed by atoms with van der Waals surface area (Å²) in [5, 5.41) is 6.94. The maximum absolute atomic E-state index is 5.69. The lowest BCUT2D eigenvalue weighted by atomic mass is 10.1. The molecule has 27 heavy (non-hydrogen) atoms. The van der Waals surface area contributed by atoms with Crippen molar-refractivity contribution in [3.63, 3.8) is 0 Å². The van der Waals surface area contributed by atoms with Gasteiger partial charge in [-0.3, -0.25) is 9.89 Å². The molecular weight excluding hydrogens is 338 g/mol. The molecule has 1 fully saturated rings. The summed E-state index contributed by atoms with van der Waals surface area (Å²) in [4.78, 5) is 9.14. The largest absolute Gasteiger partial charge is 0.468 e. The molecular formula is C21H39N5O. The van der Waals surface area contributed by atoms with Gasteiger partial charge in [-0.25, -0.2) is 0 Å². The quantitative estimate of drug-likeness (QED) is 0.333. The van der Waals surface area contributed by atoms with Crippen molar-refractivity contribution in [2.24, 2.45) is 4.99 Å². The lowest BCUT2D eigenvalue weighted by molar-refractivity contribution is 0.215. The van der Waals surface area contributed by atoms with Crippen molar-refractivity contribution < 1.29 is 4.42 Å². The maximum atomic E-state index is 5.69. The summed E-state index contributed by atoms with van der Waals surface area (Å²) in [5.74, 6) is 1.93. The average Bonchev–Trinajstić information content (AvgIpc) is 3.36. The fourth-order valence-corrected chi connectivity index (χ4v) is 3.65. The second-order valence-corrected chi connectivity index (χ2v) is 7.73. The van der Waals surface area contributed by atoms with E-state index < -0.39 is 0 Å². The SMILES string of the molecule is CN=C(NCCCCCCCN(C)C)NCC(c1ccco1)N1CCCC1. The lowest BCUT2D eigenvalue weighted by Gasteiger charge is -2.26. The smallest absolute Gasteiger partial charge is 0.191 e. The van der Waals surface area contributed by atoms with Crippen LogP contribution in [0.1, 0.15) is 56.7 Å². The topological polar surface area (TPSA) is 56.0 Å². The summed E-state index contributed by atoms with van der Waals surface area (Å²) in [5.41, 5.74) is 0. The predicted molar refractivity (Wildman–Crippen MR) is 113 cm³/mol. The molecule has 1 saturated heterocycles. The minimum Gasteiger partial charge on any atom is -0.468 e. The molecule has 1 aromatic heterocycles. The summed E-state index contributed by atoms with van der Waals surface area (Å²) >= 11 is 0. The zero-order valence-electron chi connectivity index (χ0n) is 17.5. The second-order valence-electron chi connectivity index (χ2n) is 7.73. The van der Waals surface area contributed by atoms with Gasteiger partial charge >= 0.3 is 0 Å². The van der Waals surface area contributed by atoms with E-state index >= 15 is 0 Å².